The molecule has 2 atom stereocenters. The van der Waals surface area contributed by atoms with Gasteiger partial charge >= 0.3 is 0 Å². The Kier molecular flexibility index (Phi) is 8.59. The molecule has 2 N–H and O–H groups in total. The van der Waals surface area contributed by atoms with Gasteiger partial charge in [-0.3, -0.25) is 0 Å². The topological polar surface area (TPSA) is 50.7 Å². The molecule has 0 rings (SSSR count). The van der Waals surface area contributed by atoms with E-state index >= 15 is 0 Å². The smallest absolute Gasteiger partial charge is 0.0898 e. The highest BCUT2D eigenvalue weighted by molar-refractivity contribution is 4.86. The predicted molar refractivity (Wildman–Crippen MR) is 55.0 cm³/mol. The number of hydrogen-bond acceptors (Lipinski definition) is 4. The summed E-state index contributed by atoms with van der Waals surface area (Å²) < 4.78 is 10.2. The van der Waals surface area contributed by atoms with Crippen molar-refractivity contribution in [3.05, 3.63) is 0 Å². The van der Waals surface area contributed by atoms with Gasteiger partial charge in [-0.15, -0.1) is 6.42 Å². The van der Waals surface area contributed by atoms with E-state index in [0.29, 0.717) is 26.3 Å². The highest BCUT2D eigenvalue weighted by Gasteiger charge is 2.06. The molecule has 0 fully saturated rings. The average Bonchev–Trinajstić information content (AvgIpc) is 2.16. The Hall–Kier alpha value is -0.600. The quantitative estimate of drug-likeness (QED) is 0.415. The maximum Gasteiger partial charge on any atom is 0.0898 e. The minimum absolute atomic E-state index is 0.00211. The van der Waals surface area contributed by atoms with Crippen LogP contribution in [0.4, 0.5) is 0 Å². The van der Waals surface area contributed by atoms with Gasteiger partial charge in [-0.25, -0.2) is 0 Å². The molecule has 4 nitrogen and oxygen atoms in total. The largest absolute Gasteiger partial charge is 0.389 e. The fourth-order valence-electron chi connectivity index (χ4n) is 0.928. The van der Waals surface area contributed by atoms with Crippen LogP contribution in [0.5, 0.6) is 0 Å². The summed E-state index contributed by atoms with van der Waals surface area (Å²) in [6.07, 6.45) is 4.51. The van der Waals surface area contributed by atoms with Gasteiger partial charge in [0.15, 0.2) is 0 Å². The molecule has 0 aliphatic carbocycles. The highest BCUT2D eigenvalue weighted by atomic mass is 16.5. The summed E-state index contributed by atoms with van der Waals surface area (Å²) in [4.78, 5) is 0. The fourth-order valence-corrected chi connectivity index (χ4v) is 0.928. The van der Waals surface area contributed by atoms with Crippen LogP contribution in [0.3, 0.4) is 0 Å². The van der Waals surface area contributed by atoms with Crippen molar-refractivity contribution in [1.82, 2.24) is 5.32 Å². The molecule has 2 unspecified atom stereocenters. The second-order valence-corrected chi connectivity index (χ2v) is 3.09. The van der Waals surface area contributed by atoms with E-state index in [1.54, 1.807) is 7.11 Å². The maximum atomic E-state index is 9.40. The van der Waals surface area contributed by atoms with Gasteiger partial charge in [-0.05, 0) is 6.92 Å². The summed E-state index contributed by atoms with van der Waals surface area (Å²) in [6.45, 7) is 3.63. The van der Waals surface area contributed by atoms with Crippen LogP contribution in [0.25, 0.3) is 0 Å². The van der Waals surface area contributed by atoms with E-state index in [1.165, 1.54) is 0 Å². The first-order chi connectivity index (χ1) is 6.70. The fraction of sp³-hybridized carbons (Fsp3) is 0.800. The Labute approximate surface area is 85.6 Å². The molecule has 0 saturated heterocycles. The molecule has 82 valence electrons. The lowest BCUT2D eigenvalue weighted by Gasteiger charge is -2.15. The second kappa shape index (κ2) is 8.97. The lowest BCUT2D eigenvalue weighted by atomic mass is 10.3. The summed E-state index contributed by atoms with van der Waals surface area (Å²) in [6, 6.07) is 0. The van der Waals surface area contributed by atoms with Crippen LogP contribution in [0.15, 0.2) is 0 Å². The van der Waals surface area contributed by atoms with Crippen LogP contribution in [0, 0.1) is 12.3 Å². The van der Waals surface area contributed by atoms with E-state index in [2.05, 4.69) is 11.2 Å². The van der Waals surface area contributed by atoms with Gasteiger partial charge in [0.25, 0.3) is 0 Å². The Morgan fingerprint density at radius 3 is 2.79 bits per heavy atom. The third kappa shape index (κ3) is 8.02. The molecule has 0 radical (unpaired) electrons. The van der Waals surface area contributed by atoms with E-state index in [4.69, 9.17) is 15.9 Å². The van der Waals surface area contributed by atoms with Crippen LogP contribution in [-0.2, 0) is 9.47 Å². The van der Waals surface area contributed by atoms with Crippen LogP contribution < -0.4 is 5.32 Å². The van der Waals surface area contributed by atoms with Crippen LogP contribution in [0.1, 0.15) is 6.92 Å². The zero-order chi connectivity index (χ0) is 10.8. The molecule has 0 aromatic carbocycles. The molecule has 14 heavy (non-hydrogen) atoms. The van der Waals surface area contributed by atoms with Gasteiger partial charge in [0.1, 0.15) is 0 Å². The SMILES string of the molecule is C#CCNCC(O)COC(C)COC. The number of aliphatic hydroxyl groups excluding tert-OH is 1. The summed E-state index contributed by atoms with van der Waals surface area (Å²) in [5.74, 6) is 2.43. The molecule has 0 aliphatic heterocycles. The van der Waals surface area contributed by atoms with Gasteiger partial charge < -0.3 is 19.9 Å². The molecular weight excluding hydrogens is 182 g/mol. The van der Waals surface area contributed by atoms with Crippen LogP contribution >= 0.6 is 0 Å². The first-order valence-corrected chi connectivity index (χ1v) is 4.63. The normalized spacial score (nSPS) is 14.7. The van der Waals surface area contributed by atoms with E-state index in [-0.39, 0.29) is 6.10 Å². The Morgan fingerprint density at radius 2 is 2.21 bits per heavy atom. The summed E-state index contributed by atoms with van der Waals surface area (Å²) >= 11 is 0. The lowest BCUT2D eigenvalue weighted by molar-refractivity contribution is -0.0308. The van der Waals surface area contributed by atoms with E-state index < -0.39 is 6.10 Å². The molecule has 0 aromatic heterocycles. The first-order valence-electron chi connectivity index (χ1n) is 4.63. The van der Waals surface area contributed by atoms with Gasteiger partial charge in [-0.1, -0.05) is 5.92 Å². The number of ether oxygens (including phenoxy) is 2. The number of nitrogens with one attached hydrogen (secondary N) is 1. The van der Waals surface area contributed by atoms with Crippen LogP contribution in [-0.4, -0.2) is 50.7 Å². The predicted octanol–water partition coefficient (Wildman–Crippen LogP) is -0.378. The van der Waals surface area contributed by atoms with E-state index in [1.807, 2.05) is 6.92 Å². The lowest BCUT2D eigenvalue weighted by Crippen LogP contribution is -2.32. The van der Waals surface area contributed by atoms with Gasteiger partial charge in [-0.2, -0.15) is 0 Å². The number of aliphatic hydroxyl groups is 1. The molecule has 4 heteroatoms. The molecule has 0 bridgehead atoms. The van der Waals surface area contributed by atoms with Gasteiger partial charge in [0.05, 0.1) is 32.0 Å². The van der Waals surface area contributed by atoms with Gasteiger partial charge in [0.2, 0.25) is 0 Å². The molecular formula is C10H19NO3. The Balaban J connectivity index is 3.34. The van der Waals surface area contributed by atoms with Crippen molar-refractivity contribution in [3.8, 4) is 12.3 Å². The third-order valence-corrected chi connectivity index (χ3v) is 1.58. The van der Waals surface area contributed by atoms with Crippen molar-refractivity contribution in [2.45, 2.75) is 19.1 Å². The minimum atomic E-state index is -0.525. The van der Waals surface area contributed by atoms with Crippen molar-refractivity contribution in [2.75, 3.05) is 33.4 Å². The molecule has 0 saturated carbocycles. The Bertz CT molecular complexity index is 167. The summed E-state index contributed by atoms with van der Waals surface area (Å²) in [5, 5.41) is 12.3. The molecule has 0 aliphatic rings. The number of methoxy groups -OCH3 is 1. The summed E-state index contributed by atoms with van der Waals surface area (Å²) in [7, 11) is 1.62. The second-order valence-electron chi connectivity index (χ2n) is 3.09. The minimum Gasteiger partial charge on any atom is -0.389 e. The number of rotatable bonds is 8. The van der Waals surface area contributed by atoms with Crippen molar-refractivity contribution >= 4 is 0 Å². The van der Waals surface area contributed by atoms with E-state index in [9.17, 15) is 5.11 Å². The maximum absolute atomic E-state index is 9.40. The molecule has 0 aromatic rings. The zero-order valence-electron chi connectivity index (χ0n) is 8.82. The summed E-state index contributed by atoms with van der Waals surface area (Å²) in [5.41, 5.74) is 0. The molecule has 0 heterocycles. The number of hydrogen-bond donors (Lipinski definition) is 2. The standard InChI is InChI=1S/C10H19NO3/c1-4-5-11-6-10(12)8-14-9(2)7-13-3/h1,9-12H,5-8H2,2-3H3. The highest BCUT2D eigenvalue weighted by Crippen LogP contribution is 1.93. The van der Waals surface area contributed by atoms with E-state index in [0.717, 1.165) is 0 Å². The van der Waals surface area contributed by atoms with Crippen molar-refractivity contribution in [2.24, 2.45) is 0 Å². The van der Waals surface area contributed by atoms with Crippen LogP contribution in [0.2, 0.25) is 0 Å². The Morgan fingerprint density at radius 1 is 1.50 bits per heavy atom. The number of terminal acetylenes is 1. The van der Waals surface area contributed by atoms with Crippen molar-refractivity contribution in [3.63, 3.8) is 0 Å². The molecule has 0 spiro atoms. The van der Waals surface area contributed by atoms with Crippen molar-refractivity contribution < 1.29 is 14.6 Å². The third-order valence-electron chi connectivity index (χ3n) is 1.58. The van der Waals surface area contributed by atoms with Crippen molar-refractivity contribution in [1.29, 1.82) is 0 Å². The molecule has 0 amide bonds. The van der Waals surface area contributed by atoms with Gasteiger partial charge in [0, 0.05) is 13.7 Å². The first kappa shape index (κ1) is 13.4. The zero-order valence-corrected chi connectivity index (χ0v) is 8.82. The monoisotopic (exact) mass is 201 g/mol. The average molecular weight is 201 g/mol.